The molecule has 1 aromatic heterocycles. The number of benzene rings is 2. The van der Waals surface area contributed by atoms with Crippen LogP contribution in [0.4, 0.5) is 5.69 Å². The highest BCUT2D eigenvalue weighted by Gasteiger charge is 2.16. The van der Waals surface area contributed by atoms with E-state index in [-0.39, 0.29) is 11.0 Å². The first kappa shape index (κ1) is 15.8. The van der Waals surface area contributed by atoms with Gasteiger partial charge in [-0.3, -0.25) is 9.59 Å². The van der Waals surface area contributed by atoms with Gasteiger partial charge in [-0.15, -0.1) is 0 Å². The lowest BCUT2D eigenvalue weighted by molar-refractivity contribution is 0.102. The van der Waals surface area contributed by atoms with E-state index in [4.69, 9.17) is 16.9 Å². The molecule has 0 aliphatic carbocycles. The molecule has 5 nitrogen and oxygen atoms in total. The van der Waals surface area contributed by atoms with Crippen molar-refractivity contribution in [1.29, 1.82) is 5.26 Å². The zero-order valence-electron chi connectivity index (χ0n) is 12.7. The van der Waals surface area contributed by atoms with Crippen molar-refractivity contribution < 1.29 is 4.79 Å². The number of anilines is 1. The maximum atomic E-state index is 12.6. The Morgan fingerprint density at radius 2 is 1.92 bits per heavy atom. The number of aryl methyl sites for hydroxylation is 1. The number of nitriles is 1. The van der Waals surface area contributed by atoms with Crippen LogP contribution in [0.25, 0.3) is 10.9 Å². The summed E-state index contributed by atoms with van der Waals surface area (Å²) in [5.41, 5.74) is 1.23. The number of carbonyl (C=O) groups excluding carboxylic acids is 1. The molecule has 0 radical (unpaired) electrons. The molecule has 1 heterocycles. The summed E-state index contributed by atoms with van der Waals surface area (Å²) >= 11 is 6.14. The van der Waals surface area contributed by atoms with Gasteiger partial charge in [-0.05, 0) is 36.4 Å². The van der Waals surface area contributed by atoms with Crippen molar-refractivity contribution >= 4 is 34.1 Å². The van der Waals surface area contributed by atoms with Crippen molar-refractivity contribution in [2.75, 3.05) is 5.32 Å². The van der Waals surface area contributed by atoms with E-state index in [0.29, 0.717) is 27.2 Å². The number of rotatable bonds is 2. The van der Waals surface area contributed by atoms with Crippen molar-refractivity contribution in [1.82, 2.24) is 4.57 Å². The number of aromatic nitrogens is 1. The number of carbonyl (C=O) groups is 1. The number of fused-ring (bicyclic) bond motifs is 1. The van der Waals surface area contributed by atoms with Crippen molar-refractivity contribution in [3.05, 3.63) is 75.0 Å². The number of nitrogens with one attached hydrogen (secondary N) is 1. The standard InChI is InChI=1S/C18H12ClN3O2/c1-22-10-14(17(23)13-3-2-4-15(19)16(13)22)18(24)21-12-7-5-11(9-20)6-8-12/h2-8,10H,1H3,(H,21,24). The molecule has 0 saturated carbocycles. The van der Waals surface area contributed by atoms with E-state index in [1.54, 1.807) is 54.1 Å². The molecule has 0 saturated heterocycles. The van der Waals surface area contributed by atoms with Crippen molar-refractivity contribution in [2.24, 2.45) is 7.05 Å². The van der Waals surface area contributed by atoms with Gasteiger partial charge in [-0.1, -0.05) is 17.7 Å². The smallest absolute Gasteiger partial charge is 0.261 e. The van der Waals surface area contributed by atoms with E-state index >= 15 is 0 Å². The lowest BCUT2D eigenvalue weighted by atomic mass is 10.1. The highest BCUT2D eigenvalue weighted by Crippen LogP contribution is 2.21. The van der Waals surface area contributed by atoms with Gasteiger partial charge in [0.25, 0.3) is 5.91 Å². The number of halogens is 1. The second-order valence-electron chi connectivity index (χ2n) is 5.26. The van der Waals surface area contributed by atoms with Crippen molar-refractivity contribution in [3.8, 4) is 6.07 Å². The Kier molecular flexibility index (Phi) is 4.07. The van der Waals surface area contributed by atoms with Crippen molar-refractivity contribution in [3.63, 3.8) is 0 Å². The molecule has 24 heavy (non-hydrogen) atoms. The van der Waals surface area contributed by atoms with Gasteiger partial charge >= 0.3 is 0 Å². The molecule has 3 rings (SSSR count). The largest absolute Gasteiger partial charge is 0.348 e. The molecule has 0 unspecified atom stereocenters. The van der Waals surface area contributed by atoms with Crippen LogP contribution >= 0.6 is 11.6 Å². The number of hydrogen-bond donors (Lipinski definition) is 1. The first-order chi connectivity index (χ1) is 11.5. The predicted octanol–water partition coefficient (Wildman–Crippen LogP) is 3.32. The third kappa shape index (κ3) is 2.75. The zero-order valence-corrected chi connectivity index (χ0v) is 13.5. The Bertz CT molecular complexity index is 1050. The minimum absolute atomic E-state index is 0.0247. The molecule has 0 bridgehead atoms. The first-order valence-electron chi connectivity index (χ1n) is 7.10. The van der Waals surface area contributed by atoms with Crippen LogP contribution in [0.1, 0.15) is 15.9 Å². The van der Waals surface area contributed by atoms with Crippen LogP contribution in [0.5, 0.6) is 0 Å². The van der Waals surface area contributed by atoms with Gasteiger partial charge < -0.3 is 9.88 Å². The minimum Gasteiger partial charge on any atom is -0.348 e. The molecule has 0 atom stereocenters. The molecule has 0 spiro atoms. The lowest BCUT2D eigenvalue weighted by Crippen LogP contribution is -2.23. The summed E-state index contributed by atoms with van der Waals surface area (Å²) in [6, 6.07) is 13.4. The molecule has 2 aromatic carbocycles. The zero-order chi connectivity index (χ0) is 17.3. The van der Waals surface area contributed by atoms with Crippen LogP contribution in [0.3, 0.4) is 0 Å². The van der Waals surface area contributed by atoms with E-state index in [0.717, 1.165) is 0 Å². The minimum atomic E-state index is -0.512. The van der Waals surface area contributed by atoms with Gasteiger partial charge in [0.2, 0.25) is 5.43 Å². The molecule has 0 fully saturated rings. The summed E-state index contributed by atoms with van der Waals surface area (Å²) in [5.74, 6) is -0.512. The van der Waals surface area contributed by atoms with Gasteiger partial charge in [0.1, 0.15) is 5.56 Å². The van der Waals surface area contributed by atoms with Crippen LogP contribution in [-0.2, 0) is 7.05 Å². The van der Waals surface area contributed by atoms with Gasteiger partial charge in [-0.2, -0.15) is 5.26 Å². The van der Waals surface area contributed by atoms with E-state index in [2.05, 4.69) is 5.32 Å². The molecule has 0 aliphatic heterocycles. The van der Waals surface area contributed by atoms with Gasteiger partial charge in [0.05, 0.1) is 22.2 Å². The molecule has 3 aromatic rings. The first-order valence-corrected chi connectivity index (χ1v) is 7.48. The maximum Gasteiger partial charge on any atom is 0.261 e. The average Bonchev–Trinajstić information content (AvgIpc) is 2.58. The highest BCUT2D eigenvalue weighted by molar-refractivity contribution is 6.35. The summed E-state index contributed by atoms with van der Waals surface area (Å²) in [5, 5.41) is 12.3. The summed E-state index contributed by atoms with van der Waals surface area (Å²) in [6.07, 6.45) is 1.47. The van der Waals surface area contributed by atoms with Gasteiger partial charge in [0, 0.05) is 24.3 Å². The van der Waals surface area contributed by atoms with Crippen LogP contribution in [0, 0.1) is 11.3 Å². The molecular weight excluding hydrogens is 326 g/mol. The van der Waals surface area contributed by atoms with Crippen LogP contribution in [0.2, 0.25) is 5.02 Å². The Morgan fingerprint density at radius 3 is 2.58 bits per heavy atom. The van der Waals surface area contributed by atoms with Crippen LogP contribution in [0.15, 0.2) is 53.5 Å². The topological polar surface area (TPSA) is 74.9 Å². The molecule has 1 N–H and O–H groups in total. The number of amides is 1. The fourth-order valence-electron chi connectivity index (χ4n) is 2.51. The third-order valence-electron chi connectivity index (χ3n) is 3.67. The van der Waals surface area contributed by atoms with E-state index in [1.165, 1.54) is 6.20 Å². The maximum absolute atomic E-state index is 12.6. The quantitative estimate of drug-likeness (QED) is 0.779. The Morgan fingerprint density at radius 1 is 1.21 bits per heavy atom. The second kappa shape index (κ2) is 6.19. The van der Waals surface area contributed by atoms with E-state index < -0.39 is 5.91 Å². The van der Waals surface area contributed by atoms with E-state index in [9.17, 15) is 9.59 Å². The Balaban J connectivity index is 2.02. The SMILES string of the molecule is Cn1cc(C(=O)Nc2ccc(C#N)cc2)c(=O)c2cccc(Cl)c21. The second-order valence-corrected chi connectivity index (χ2v) is 5.67. The highest BCUT2D eigenvalue weighted by atomic mass is 35.5. The molecule has 6 heteroatoms. The lowest BCUT2D eigenvalue weighted by Gasteiger charge is -2.10. The van der Waals surface area contributed by atoms with Gasteiger partial charge in [-0.25, -0.2) is 0 Å². The normalized spacial score (nSPS) is 10.4. The number of para-hydroxylation sites is 1. The fourth-order valence-corrected chi connectivity index (χ4v) is 2.82. The van der Waals surface area contributed by atoms with E-state index in [1.807, 2.05) is 6.07 Å². The number of hydrogen-bond acceptors (Lipinski definition) is 3. The fraction of sp³-hybridized carbons (Fsp3) is 0.0556. The summed E-state index contributed by atoms with van der Waals surface area (Å²) in [6.45, 7) is 0. The number of nitrogens with zero attached hydrogens (tertiary/aromatic N) is 2. The average molecular weight is 338 g/mol. The summed E-state index contributed by atoms with van der Waals surface area (Å²) in [4.78, 5) is 25.0. The van der Waals surface area contributed by atoms with Crippen molar-refractivity contribution in [2.45, 2.75) is 0 Å². The third-order valence-corrected chi connectivity index (χ3v) is 3.97. The Hall–Kier alpha value is -3.10. The summed E-state index contributed by atoms with van der Waals surface area (Å²) in [7, 11) is 1.73. The molecular formula is C18H12ClN3O2. The predicted molar refractivity (Wildman–Crippen MR) is 93.3 cm³/mol. The molecule has 1 amide bonds. The molecule has 0 aliphatic rings. The van der Waals surface area contributed by atoms with Gasteiger partial charge in [0.15, 0.2) is 0 Å². The monoisotopic (exact) mass is 337 g/mol. The summed E-state index contributed by atoms with van der Waals surface area (Å²) < 4.78 is 1.66. The van der Waals surface area contributed by atoms with Crippen LogP contribution in [-0.4, -0.2) is 10.5 Å². The molecule has 118 valence electrons. The number of pyridine rings is 1. The van der Waals surface area contributed by atoms with Crippen LogP contribution < -0.4 is 10.7 Å². The Labute approximate surface area is 142 Å².